The number of hydrogen-bond acceptors (Lipinski definition) is 5. The lowest BCUT2D eigenvalue weighted by atomic mass is 10.2. The summed E-state index contributed by atoms with van der Waals surface area (Å²) in [4.78, 5) is 3.87. The molecule has 0 saturated heterocycles. The van der Waals surface area contributed by atoms with Gasteiger partial charge < -0.3 is 4.52 Å². The molecular formula is C11H12FN3O3S. The van der Waals surface area contributed by atoms with Crippen molar-refractivity contribution in [1.82, 2.24) is 14.9 Å². The first-order chi connectivity index (χ1) is 8.94. The van der Waals surface area contributed by atoms with E-state index in [-0.39, 0.29) is 18.2 Å². The lowest BCUT2D eigenvalue weighted by Gasteiger charge is -2.04. The number of rotatable bonds is 5. The van der Waals surface area contributed by atoms with Crippen molar-refractivity contribution in [2.24, 2.45) is 0 Å². The molecule has 1 aromatic heterocycles. The lowest BCUT2D eigenvalue weighted by molar-refractivity contribution is 0.372. The first kappa shape index (κ1) is 13.6. The van der Waals surface area contributed by atoms with Crippen LogP contribution in [0.4, 0.5) is 4.39 Å². The molecule has 1 aromatic carbocycles. The van der Waals surface area contributed by atoms with E-state index in [1.165, 1.54) is 18.2 Å². The number of halogens is 1. The summed E-state index contributed by atoms with van der Waals surface area (Å²) in [6.45, 7) is 1.55. The third kappa shape index (κ3) is 4.11. The highest BCUT2D eigenvalue weighted by molar-refractivity contribution is 7.88. The van der Waals surface area contributed by atoms with Gasteiger partial charge in [0, 0.05) is 0 Å². The van der Waals surface area contributed by atoms with Crippen LogP contribution in [0.15, 0.2) is 28.8 Å². The summed E-state index contributed by atoms with van der Waals surface area (Å²) in [5.41, 5.74) is 0.370. The van der Waals surface area contributed by atoms with Gasteiger partial charge in [-0.1, -0.05) is 17.3 Å². The number of aromatic nitrogens is 2. The molecule has 6 nitrogen and oxygen atoms in total. The molecule has 19 heavy (non-hydrogen) atoms. The van der Waals surface area contributed by atoms with Crippen molar-refractivity contribution >= 4 is 10.0 Å². The Hall–Kier alpha value is -1.80. The first-order valence-corrected chi connectivity index (χ1v) is 7.11. The summed E-state index contributed by atoms with van der Waals surface area (Å²) in [5, 5.41) is 3.54. The van der Waals surface area contributed by atoms with Crippen LogP contribution in [0.25, 0.3) is 0 Å². The second-order valence-electron chi connectivity index (χ2n) is 3.95. The zero-order chi connectivity index (χ0) is 13.9. The maximum atomic E-state index is 12.9. The monoisotopic (exact) mass is 285 g/mol. The van der Waals surface area contributed by atoms with Crippen molar-refractivity contribution < 1.29 is 17.3 Å². The summed E-state index contributed by atoms with van der Waals surface area (Å²) in [7, 11) is -3.58. The third-order valence-electron chi connectivity index (χ3n) is 2.26. The van der Waals surface area contributed by atoms with E-state index in [0.717, 1.165) is 0 Å². The van der Waals surface area contributed by atoms with Gasteiger partial charge in [0.15, 0.2) is 5.82 Å². The van der Waals surface area contributed by atoms with E-state index in [1.54, 1.807) is 13.0 Å². The Morgan fingerprint density at radius 1 is 1.42 bits per heavy atom. The second-order valence-corrected chi connectivity index (χ2v) is 5.75. The van der Waals surface area contributed by atoms with Crippen LogP contribution in [-0.4, -0.2) is 18.6 Å². The van der Waals surface area contributed by atoms with E-state index in [4.69, 9.17) is 4.52 Å². The summed E-state index contributed by atoms with van der Waals surface area (Å²) < 4.78 is 43.6. The van der Waals surface area contributed by atoms with Crippen LogP contribution in [0.1, 0.15) is 17.3 Å². The molecule has 8 heteroatoms. The number of sulfonamides is 1. The predicted molar refractivity (Wildman–Crippen MR) is 64.9 cm³/mol. The Labute approximate surface area is 109 Å². The average molecular weight is 285 g/mol. The van der Waals surface area contributed by atoms with Crippen molar-refractivity contribution in [1.29, 1.82) is 0 Å². The van der Waals surface area contributed by atoms with Gasteiger partial charge in [-0.3, -0.25) is 0 Å². The molecule has 0 aliphatic heterocycles. The minimum absolute atomic E-state index is 0.0848. The van der Waals surface area contributed by atoms with Crippen LogP contribution in [-0.2, 0) is 22.3 Å². The standard InChI is InChI=1S/C11H12FN3O3S/c1-8-14-11(18-15-8)6-13-19(16,17)7-9-3-2-4-10(12)5-9/h2-5,13H,6-7H2,1H3. The Kier molecular flexibility index (Phi) is 3.91. The Balaban J connectivity index is 1.99. The van der Waals surface area contributed by atoms with E-state index >= 15 is 0 Å². The molecule has 0 amide bonds. The molecule has 102 valence electrons. The number of nitrogens with zero attached hydrogens (tertiary/aromatic N) is 2. The van der Waals surface area contributed by atoms with E-state index < -0.39 is 15.8 Å². The highest BCUT2D eigenvalue weighted by Gasteiger charge is 2.13. The van der Waals surface area contributed by atoms with E-state index in [1.807, 2.05) is 0 Å². The molecule has 1 N–H and O–H groups in total. The molecule has 2 rings (SSSR count). The highest BCUT2D eigenvalue weighted by Crippen LogP contribution is 2.08. The fourth-order valence-corrected chi connectivity index (χ4v) is 2.54. The van der Waals surface area contributed by atoms with Crippen molar-refractivity contribution in [3.8, 4) is 0 Å². The van der Waals surface area contributed by atoms with Gasteiger partial charge in [-0.25, -0.2) is 17.5 Å². The van der Waals surface area contributed by atoms with Crippen LogP contribution >= 0.6 is 0 Å². The SMILES string of the molecule is Cc1noc(CNS(=O)(=O)Cc2cccc(F)c2)n1. The molecule has 1 heterocycles. The molecule has 0 spiro atoms. The molecule has 0 atom stereocenters. The zero-order valence-electron chi connectivity index (χ0n) is 10.1. The fraction of sp³-hybridized carbons (Fsp3) is 0.273. The van der Waals surface area contributed by atoms with Crippen LogP contribution < -0.4 is 4.72 Å². The van der Waals surface area contributed by atoms with Crippen LogP contribution in [0, 0.1) is 12.7 Å². The smallest absolute Gasteiger partial charge is 0.241 e. The zero-order valence-corrected chi connectivity index (χ0v) is 10.9. The molecular weight excluding hydrogens is 273 g/mol. The van der Waals surface area contributed by atoms with Crippen LogP contribution in [0.3, 0.4) is 0 Å². The van der Waals surface area contributed by atoms with Crippen molar-refractivity contribution in [3.63, 3.8) is 0 Å². The van der Waals surface area contributed by atoms with Gasteiger partial charge in [-0.05, 0) is 24.6 Å². The Bertz CT molecular complexity index is 669. The van der Waals surface area contributed by atoms with Gasteiger partial charge in [-0.15, -0.1) is 0 Å². The summed E-state index contributed by atoms with van der Waals surface area (Å²) in [6, 6.07) is 5.43. The third-order valence-corrected chi connectivity index (χ3v) is 3.56. The second kappa shape index (κ2) is 5.45. The molecule has 0 unspecified atom stereocenters. The number of hydrogen-bond donors (Lipinski definition) is 1. The summed E-state index contributed by atoms with van der Waals surface area (Å²) in [5.74, 6) is -0.169. The maximum absolute atomic E-state index is 12.9. The molecule has 0 saturated carbocycles. The molecule has 0 aliphatic carbocycles. The molecule has 0 fully saturated rings. The molecule has 0 bridgehead atoms. The van der Waals surface area contributed by atoms with Gasteiger partial charge in [0.25, 0.3) is 0 Å². The molecule has 2 aromatic rings. The minimum atomic E-state index is -3.58. The maximum Gasteiger partial charge on any atom is 0.241 e. The van der Waals surface area contributed by atoms with Gasteiger partial charge in [0.2, 0.25) is 15.9 Å². The average Bonchev–Trinajstić information content (AvgIpc) is 2.72. The summed E-state index contributed by atoms with van der Waals surface area (Å²) >= 11 is 0. The molecule has 0 radical (unpaired) electrons. The topological polar surface area (TPSA) is 85.1 Å². The number of aryl methyl sites for hydroxylation is 1. The Morgan fingerprint density at radius 3 is 2.84 bits per heavy atom. The van der Waals surface area contributed by atoms with Gasteiger partial charge in [-0.2, -0.15) is 4.98 Å². The van der Waals surface area contributed by atoms with E-state index in [0.29, 0.717) is 11.4 Å². The fourth-order valence-electron chi connectivity index (χ4n) is 1.48. The minimum Gasteiger partial charge on any atom is -0.338 e. The van der Waals surface area contributed by atoms with Crippen molar-refractivity contribution in [3.05, 3.63) is 47.4 Å². The largest absolute Gasteiger partial charge is 0.338 e. The normalized spacial score (nSPS) is 11.7. The lowest BCUT2D eigenvalue weighted by Crippen LogP contribution is -2.24. The number of benzene rings is 1. The summed E-state index contributed by atoms with van der Waals surface area (Å²) in [6.07, 6.45) is 0. The highest BCUT2D eigenvalue weighted by atomic mass is 32.2. The van der Waals surface area contributed by atoms with Gasteiger partial charge in [0.05, 0.1) is 12.3 Å². The first-order valence-electron chi connectivity index (χ1n) is 5.45. The number of nitrogens with one attached hydrogen (secondary N) is 1. The van der Waals surface area contributed by atoms with Crippen LogP contribution in [0.2, 0.25) is 0 Å². The van der Waals surface area contributed by atoms with E-state index in [2.05, 4.69) is 14.9 Å². The van der Waals surface area contributed by atoms with Crippen molar-refractivity contribution in [2.75, 3.05) is 0 Å². The predicted octanol–water partition coefficient (Wildman–Crippen LogP) is 1.14. The quantitative estimate of drug-likeness (QED) is 0.890. The molecule has 0 aliphatic rings. The van der Waals surface area contributed by atoms with Gasteiger partial charge in [0.1, 0.15) is 5.82 Å². The Morgan fingerprint density at radius 2 is 2.21 bits per heavy atom. The van der Waals surface area contributed by atoms with E-state index in [9.17, 15) is 12.8 Å². The van der Waals surface area contributed by atoms with Crippen molar-refractivity contribution in [2.45, 2.75) is 19.2 Å². The van der Waals surface area contributed by atoms with Gasteiger partial charge >= 0.3 is 0 Å². The van der Waals surface area contributed by atoms with Crippen LogP contribution in [0.5, 0.6) is 0 Å².